The van der Waals surface area contributed by atoms with Crippen LogP contribution in [0.5, 0.6) is 0 Å². The van der Waals surface area contributed by atoms with Crippen molar-refractivity contribution in [3.63, 3.8) is 0 Å². The Morgan fingerprint density at radius 1 is 0.966 bits per heavy atom. The van der Waals surface area contributed by atoms with E-state index in [0.717, 1.165) is 13.1 Å². The van der Waals surface area contributed by atoms with Crippen LogP contribution in [0.3, 0.4) is 0 Å². The van der Waals surface area contributed by atoms with Crippen LogP contribution in [0, 0.1) is 0 Å². The zero-order valence-electron chi connectivity index (χ0n) is 17.3. The number of fused-ring (bicyclic) bond motifs is 2. The summed E-state index contributed by atoms with van der Waals surface area (Å²) in [5.41, 5.74) is 2.70. The molecule has 0 amide bonds. The fourth-order valence-electron chi connectivity index (χ4n) is 3.66. The largest absolute Gasteiger partial charge is 0.335 e. The highest BCUT2D eigenvalue weighted by Crippen LogP contribution is 2.45. The van der Waals surface area contributed by atoms with Gasteiger partial charge in [-0.3, -0.25) is 0 Å². The molecule has 0 spiro atoms. The number of para-hydroxylation sites is 2. The van der Waals surface area contributed by atoms with Gasteiger partial charge in [-0.05, 0) is 30.7 Å². The monoisotopic (exact) mass is 421 g/mol. The maximum atomic E-state index is 2.48. The van der Waals surface area contributed by atoms with Crippen LogP contribution in [-0.2, 0) is 6.54 Å². The summed E-state index contributed by atoms with van der Waals surface area (Å²) in [6.45, 7) is 6.68. The van der Waals surface area contributed by atoms with Gasteiger partial charge in [0.15, 0.2) is 6.54 Å². The Morgan fingerprint density at radius 3 is 2.62 bits per heavy atom. The maximum Gasteiger partial charge on any atom is 0.262 e. The second kappa shape index (κ2) is 9.64. The molecular formula is C25H29N2S2+. The van der Waals surface area contributed by atoms with Gasteiger partial charge in [-0.15, -0.1) is 0 Å². The summed E-state index contributed by atoms with van der Waals surface area (Å²) in [6, 6.07) is 17.5. The molecule has 0 N–H and O–H groups in total. The zero-order valence-corrected chi connectivity index (χ0v) is 18.9. The molecule has 0 fully saturated rings. The Kier molecular flexibility index (Phi) is 6.73. The molecule has 1 aliphatic heterocycles. The van der Waals surface area contributed by atoms with E-state index in [4.69, 9.17) is 0 Å². The lowest BCUT2D eigenvalue weighted by atomic mass is 10.2. The van der Waals surface area contributed by atoms with Crippen molar-refractivity contribution in [2.24, 2.45) is 0 Å². The van der Waals surface area contributed by atoms with Crippen LogP contribution in [0.1, 0.15) is 44.5 Å². The first-order chi connectivity index (χ1) is 14.3. The van der Waals surface area contributed by atoms with E-state index in [1.807, 2.05) is 23.1 Å². The number of thiazole rings is 1. The van der Waals surface area contributed by atoms with Crippen molar-refractivity contribution in [2.75, 3.05) is 11.4 Å². The van der Waals surface area contributed by atoms with E-state index < -0.39 is 0 Å². The van der Waals surface area contributed by atoms with Crippen LogP contribution in [0.2, 0.25) is 0 Å². The van der Waals surface area contributed by atoms with Crippen molar-refractivity contribution in [3.05, 3.63) is 70.7 Å². The van der Waals surface area contributed by atoms with Gasteiger partial charge in [0.1, 0.15) is 4.70 Å². The SMILES string of the molecule is CCCCN1C(=CC=Cc2sc3ccccc3[n+]2CCCC)Sc2ccccc21. The van der Waals surface area contributed by atoms with Crippen molar-refractivity contribution in [3.8, 4) is 0 Å². The van der Waals surface area contributed by atoms with Gasteiger partial charge < -0.3 is 4.90 Å². The fourth-order valence-corrected chi connectivity index (χ4v) is 5.86. The van der Waals surface area contributed by atoms with E-state index in [1.54, 1.807) is 0 Å². The topological polar surface area (TPSA) is 7.12 Å². The number of hydrogen-bond donors (Lipinski definition) is 0. The highest BCUT2D eigenvalue weighted by molar-refractivity contribution is 8.03. The highest BCUT2D eigenvalue weighted by atomic mass is 32.2. The molecule has 2 aromatic carbocycles. The third-order valence-corrected chi connectivity index (χ3v) is 7.48. The fraction of sp³-hybridized carbons (Fsp3) is 0.320. The second-order valence-electron chi connectivity index (χ2n) is 7.35. The standard InChI is InChI=1S/C25H29N2S2/c1-3-5-18-26-20-12-7-9-14-22(20)28-24(26)16-11-17-25-27(19-6-4-2)21-13-8-10-15-23(21)29-25/h7-17H,3-6,18-19H2,1-2H3/q+1. The van der Waals surface area contributed by atoms with E-state index in [9.17, 15) is 0 Å². The molecule has 0 saturated carbocycles. The van der Waals surface area contributed by atoms with Crippen molar-refractivity contribution < 1.29 is 4.57 Å². The summed E-state index contributed by atoms with van der Waals surface area (Å²) in [5.74, 6) is 0. The number of aryl methyl sites for hydroxylation is 1. The Hall–Kier alpha value is -2.04. The van der Waals surface area contributed by atoms with Gasteiger partial charge >= 0.3 is 0 Å². The van der Waals surface area contributed by atoms with Gasteiger partial charge in [0.05, 0.1) is 10.7 Å². The first-order valence-corrected chi connectivity index (χ1v) is 12.3. The van der Waals surface area contributed by atoms with Crippen LogP contribution >= 0.6 is 23.1 Å². The van der Waals surface area contributed by atoms with Crippen LogP contribution in [0.4, 0.5) is 5.69 Å². The van der Waals surface area contributed by atoms with Crippen LogP contribution in [0.25, 0.3) is 16.3 Å². The third kappa shape index (κ3) is 4.44. The van der Waals surface area contributed by atoms with E-state index in [-0.39, 0.29) is 0 Å². The van der Waals surface area contributed by atoms with Crippen LogP contribution < -0.4 is 9.47 Å². The first kappa shape index (κ1) is 20.2. The lowest BCUT2D eigenvalue weighted by Crippen LogP contribution is -2.34. The van der Waals surface area contributed by atoms with Gasteiger partial charge in [0.25, 0.3) is 5.01 Å². The third-order valence-electron chi connectivity index (χ3n) is 5.22. The van der Waals surface area contributed by atoms with Gasteiger partial charge in [-0.2, -0.15) is 4.57 Å². The number of allylic oxidation sites excluding steroid dienone is 2. The van der Waals surface area contributed by atoms with E-state index in [2.05, 4.69) is 90.1 Å². The number of benzene rings is 2. The number of thioether (sulfide) groups is 1. The molecule has 150 valence electrons. The Bertz CT molecular complexity index is 1030. The second-order valence-corrected chi connectivity index (χ2v) is 9.48. The maximum absolute atomic E-state index is 2.48. The summed E-state index contributed by atoms with van der Waals surface area (Å²) < 4.78 is 3.84. The summed E-state index contributed by atoms with van der Waals surface area (Å²) in [6.07, 6.45) is 11.7. The summed E-state index contributed by atoms with van der Waals surface area (Å²) in [7, 11) is 0. The summed E-state index contributed by atoms with van der Waals surface area (Å²) >= 11 is 3.77. The molecule has 3 aromatic rings. The van der Waals surface area contributed by atoms with Crippen molar-refractivity contribution in [2.45, 2.75) is 51.0 Å². The number of anilines is 1. The molecule has 0 saturated heterocycles. The van der Waals surface area contributed by atoms with Gasteiger partial charge in [-0.1, -0.05) is 80.1 Å². The first-order valence-electron chi connectivity index (χ1n) is 10.7. The molecule has 2 heterocycles. The lowest BCUT2D eigenvalue weighted by molar-refractivity contribution is -0.669. The van der Waals surface area contributed by atoms with Gasteiger partial charge in [-0.25, -0.2) is 0 Å². The predicted octanol–water partition coefficient (Wildman–Crippen LogP) is 7.26. The highest BCUT2D eigenvalue weighted by Gasteiger charge is 2.23. The quantitative estimate of drug-likeness (QED) is 0.353. The average molecular weight is 422 g/mol. The predicted molar refractivity (Wildman–Crippen MR) is 129 cm³/mol. The smallest absolute Gasteiger partial charge is 0.262 e. The molecule has 1 aliphatic rings. The van der Waals surface area contributed by atoms with E-state index in [1.165, 1.54) is 56.5 Å². The van der Waals surface area contributed by atoms with E-state index >= 15 is 0 Å². The molecular weight excluding hydrogens is 392 g/mol. The zero-order chi connectivity index (χ0) is 20.1. The minimum atomic E-state index is 1.08. The molecule has 0 aliphatic carbocycles. The number of aromatic nitrogens is 1. The minimum absolute atomic E-state index is 1.08. The lowest BCUT2D eigenvalue weighted by Gasteiger charge is -2.19. The Labute approximate surface area is 182 Å². The van der Waals surface area contributed by atoms with Crippen molar-refractivity contribution >= 4 is 45.1 Å². The molecule has 29 heavy (non-hydrogen) atoms. The molecule has 4 heteroatoms. The molecule has 1 aromatic heterocycles. The average Bonchev–Trinajstić information content (AvgIpc) is 3.28. The molecule has 0 radical (unpaired) electrons. The van der Waals surface area contributed by atoms with Crippen LogP contribution in [0.15, 0.2) is 70.6 Å². The summed E-state index contributed by atoms with van der Waals surface area (Å²) in [5, 5.41) is 2.66. The molecule has 0 atom stereocenters. The van der Waals surface area contributed by atoms with Gasteiger partial charge in [0, 0.05) is 30.0 Å². The van der Waals surface area contributed by atoms with Crippen molar-refractivity contribution in [1.29, 1.82) is 0 Å². The molecule has 4 rings (SSSR count). The number of hydrogen-bond acceptors (Lipinski definition) is 3. The Morgan fingerprint density at radius 2 is 1.76 bits per heavy atom. The molecule has 2 nitrogen and oxygen atoms in total. The number of rotatable bonds is 8. The van der Waals surface area contributed by atoms with Gasteiger partial charge in [0.2, 0.25) is 5.52 Å². The Balaban J connectivity index is 1.61. The van der Waals surface area contributed by atoms with E-state index in [0.29, 0.717) is 0 Å². The van der Waals surface area contributed by atoms with Crippen molar-refractivity contribution in [1.82, 2.24) is 0 Å². The van der Waals surface area contributed by atoms with Crippen LogP contribution in [-0.4, -0.2) is 6.54 Å². The normalized spacial score (nSPS) is 15.1. The number of unbranched alkanes of at least 4 members (excludes halogenated alkanes) is 2. The minimum Gasteiger partial charge on any atom is -0.335 e. The molecule has 0 unspecified atom stereocenters. The number of nitrogens with zero attached hydrogens (tertiary/aromatic N) is 2. The molecule has 0 bridgehead atoms. The summed E-state index contributed by atoms with van der Waals surface area (Å²) in [4.78, 5) is 3.84.